The van der Waals surface area contributed by atoms with Gasteiger partial charge in [-0.15, -0.1) is 0 Å². The summed E-state index contributed by atoms with van der Waals surface area (Å²) in [5, 5.41) is 18.0. The van der Waals surface area contributed by atoms with Crippen LogP contribution in [0.5, 0.6) is 17.2 Å². The van der Waals surface area contributed by atoms with Crippen molar-refractivity contribution in [2.45, 2.75) is 51.2 Å². The van der Waals surface area contributed by atoms with Gasteiger partial charge in [-0.3, -0.25) is 9.89 Å². The summed E-state index contributed by atoms with van der Waals surface area (Å²) in [7, 11) is 1.62. The third kappa shape index (κ3) is 4.53. The molecule has 2 aliphatic heterocycles. The number of methoxy groups -OCH3 is 1. The van der Waals surface area contributed by atoms with Crippen LogP contribution >= 0.6 is 0 Å². The molecular formula is C28H33N3O5. The number of nitrogens with zero attached hydrogens (tertiary/aromatic N) is 2. The maximum atomic E-state index is 13.6. The molecule has 0 saturated carbocycles. The van der Waals surface area contributed by atoms with Gasteiger partial charge in [0.25, 0.3) is 5.91 Å². The highest BCUT2D eigenvalue weighted by atomic mass is 16.5. The number of aromatic hydroxyl groups is 1. The quantitative estimate of drug-likeness (QED) is 0.384. The van der Waals surface area contributed by atoms with Crippen molar-refractivity contribution < 1.29 is 24.1 Å². The smallest absolute Gasteiger partial charge is 0.273 e. The fraction of sp³-hybridized carbons (Fsp3) is 0.429. The third-order valence-corrected chi connectivity index (χ3v) is 6.96. The van der Waals surface area contributed by atoms with Crippen LogP contribution in [0, 0.1) is 0 Å². The van der Waals surface area contributed by atoms with Gasteiger partial charge in [0.15, 0.2) is 11.5 Å². The molecule has 190 valence electrons. The van der Waals surface area contributed by atoms with Crippen LogP contribution in [0.3, 0.4) is 0 Å². The summed E-state index contributed by atoms with van der Waals surface area (Å²) in [6, 6.07) is 12.5. The van der Waals surface area contributed by atoms with Crippen LogP contribution < -0.4 is 9.47 Å². The topological polar surface area (TPSA) is 96.9 Å². The van der Waals surface area contributed by atoms with Crippen molar-refractivity contribution in [1.82, 2.24) is 15.1 Å². The minimum Gasteiger partial charge on any atom is -0.507 e. The van der Waals surface area contributed by atoms with E-state index in [1.54, 1.807) is 19.2 Å². The van der Waals surface area contributed by atoms with E-state index >= 15 is 0 Å². The first-order valence-corrected chi connectivity index (χ1v) is 12.7. The minimum absolute atomic E-state index is 0.00920. The lowest BCUT2D eigenvalue weighted by molar-refractivity contribution is 0.0495. The van der Waals surface area contributed by atoms with Crippen LogP contribution in [0.25, 0.3) is 11.3 Å². The molecule has 8 nitrogen and oxygen atoms in total. The summed E-state index contributed by atoms with van der Waals surface area (Å²) < 4.78 is 17.6. The average molecular weight is 492 g/mol. The van der Waals surface area contributed by atoms with Gasteiger partial charge >= 0.3 is 0 Å². The number of nitrogens with one attached hydrogen (secondary N) is 1. The van der Waals surface area contributed by atoms with E-state index in [4.69, 9.17) is 14.2 Å². The summed E-state index contributed by atoms with van der Waals surface area (Å²) in [4.78, 5) is 15.4. The number of carbonyl (C=O) groups is 1. The Morgan fingerprint density at radius 1 is 1.19 bits per heavy atom. The number of rotatable bonds is 10. The number of para-hydroxylation sites is 1. The predicted molar refractivity (Wildman–Crippen MR) is 136 cm³/mol. The molecule has 2 N–H and O–H groups in total. The highest BCUT2D eigenvalue weighted by Gasteiger charge is 2.44. The largest absolute Gasteiger partial charge is 0.507 e. The first kappa shape index (κ1) is 24.2. The van der Waals surface area contributed by atoms with Crippen molar-refractivity contribution >= 4 is 5.91 Å². The highest BCUT2D eigenvalue weighted by molar-refractivity contribution is 6.00. The Hall–Kier alpha value is -3.52. The van der Waals surface area contributed by atoms with Crippen molar-refractivity contribution in [3.63, 3.8) is 0 Å². The number of hydrogen-bond acceptors (Lipinski definition) is 6. The van der Waals surface area contributed by atoms with E-state index in [1.165, 1.54) is 0 Å². The maximum Gasteiger partial charge on any atom is 0.273 e. The molecule has 2 atom stereocenters. The molecular weight excluding hydrogens is 458 g/mol. The number of aromatic amines is 1. The molecule has 3 aromatic rings. The Balaban J connectivity index is 1.55. The van der Waals surface area contributed by atoms with E-state index < -0.39 is 6.04 Å². The summed E-state index contributed by atoms with van der Waals surface area (Å²) >= 11 is 0. The van der Waals surface area contributed by atoms with Crippen molar-refractivity contribution in [2.75, 3.05) is 26.9 Å². The molecule has 0 radical (unpaired) electrons. The molecule has 0 spiro atoms. The van der Waals surface area contributed by atoms with Gasteiger partial charge in [-0.1, -0.05) is 38.0 Å². The molecule has 2 aliphatic rings. The van der Waals surface area contributed by atoms with E-state index in [2.05, 4.69) is 17.1 Å². The Morgan fingerprint density at radius 3 is 2.81 bits per heavy atom. The molecule has 1 saturated heterocycles. The number of fused-ring (bicyclic) bond motifs is 1. The molecule has 36 heavy (non-hydrogen) atoms. The van der Waals surface area contributed by atoms with Gasteiger partial charge in [-0.25, -0.2) is 0 Å². The second-order valence-corrected chi connectivity index (χ2v) is 9.34. The number of phenolic OH excluding ortho intramolecular Hbond substituents is 1. The van der Waals surface area contributed by atoms with Crippen molar-refractivity contribution in [3.05, 3.63) is 59.3 Å². The fourth-order valence-electron chi connectivity index (χ4n) is 5.13. The van der Waals surface area contributed by atoms with Crippen molar-refractivity contribution in [2.24, 2.45) is 0 Å². The van der Waals surface area contributed by atoms with Gasteiger partial charge in [0.1, 0.15) is 17.1 Å². The molecule has 8 heteroatoms. The Morgan fingerprint density at radius 2 is 2.06 bits per heavy atom. The van der Waals surface area contributed by atoms with Crippen LogP contribution in [0.1, 0.15) is 66.7 Å². The zero-order valence-corrected chi connectivity index (χ0v) is 20.8. The number of H-pyrrole nitrogens is 1. The maximum absolute atomic E-state index is 13.6. The second kappa shape index (κ2) is 10.6. The van der Waals surface area contributed by atoms with E-state index in [0.717, 1.165) is 43.2 Å². The standard InChI is InChI=1S/C28H33N3O5/c1-3-4-7-14-36-22-13-12-18(16-23(22)34-2)27-24-25(20-10-5-6-11-21(20)32)29-30-26(24)28(33)31(27)17-19-9-8-15-35-19/h5-6,10-13,16,19,27,32H,3-4,7-9,14-15,17H2,1-2H3,(H,29,30)/t19-,27+/m1/s1. The Kier molecular flexibility index (Phi) is 7.13. The number of phenols is 1. The molecule has 1 aromatic heterocycles. The van der Waals surface area contributed by atoms with Crippen molar-refractivity contribution in [3.8, 4) is 28.5 Å². The van der Waals surface area contributed by atoms with Gasteiger partial charge < -0.3 is 24.2 Å². The van der Waals surface area contributed by atoms with Gasteiger partial charge in [0.2, 0.25) is 0 Å². The average Bonchev–Trinajstić information content (AvgIpc) is 3.62. The van der Waals surface area contributed by atoms with E-state index in [-0.39, 0.29) is 17.8 Å². The summed E-state index contributed by atoms with van der Waals surface area (Å²) in [6.07, 6.45) is 5.12. The lowest BCUT2D eigenvalue weighted by Gasteiger charge is -2.29. The number of hydrogen-bond donors (Lipinski definition) is 2. The fourth-order valence-corrected chi connectivity index (χ4v) is 5.13. The van der Waals surface area contributed by atoms with Crippen LogP contribution in [0.4, 0.5) is 0 Å². The Bertz CT molecular complexity index is 1220. The van der Waals surface area contributed by atoms with Gasteiger partial charge in [-0.2, -0.15) is 5.10 Å². The number of ether oxygens (including phenoxy) is 3. The number of unbranched alkanes of at least 4 members (excludes halogenated alkanes) is 2. The molecule has 2 aromatic carbocycles. The first-order chi connectivity index (χ1) is 17.6. The summed E-state index contributed by atoms with van der Waals surface area (Å²) in [5.74, 6) is 1.29. The van der Waals surface area contributed by atoms with E-state index in [1.807, 2.05) is 35.2 Å². The van der Waals surface area contributed by atoms with E-state index in [9.17, 15) is 9.90 Å². The van der Waals surface area contributed by atoms with Crippen LogP contribution in [0.15, 0.2) is 42.5 Å². The predicted octanol–water partition coefficient (Wildman–Crippen LogP) is 5.08. The Labute approximate surface area is 211 Å². The molecule has 0 unspecified atom stereocenters. The molecule has 5 rings (SSSR count). The van der Waals surface area contributed by atoms with Gasteiger partial charge in [0.05, 0.1) is 25.9 Å². The number of carbonyl (C=O) groups excluding carboxylic acids is 1. The molecule has 1 fully saturated rings. The van der Waals surface area contributed by atoms with Crippen LogP contribution in [0.2, 0.25) is 0 Å². The van der Waals surface area contributed by atoms with Gasteiger partial charge in [-0.05, 0) is 49.1 Å². The first-order valence-electron chi connectivity index (χ1n) is 12.7. The lowest BCUT2D eigenvalue weighted by Crippen LogP contribution is -2.36. The zero-order chi connectivity index (χ0) is 25.1. The van der Waals surface area contributed by atoms with E-state index in [0.29, 0.717) is 48.2 Å². The number of amides is 1. The number of aromatic nitrogens is 2. The summed E-state index contributed by atoms with van der Waals surface area (Å²) in [6.45, 7) is 3.98. The SMILES string of the molecule is CCCCCOc1ccc([C@H]2c3c(-c4ccccc4O)n[nH]c3C(=O)N2C[C@H]2CCCO2)cc1OC. The van der Waals surface area contributed by atoms with Gasteiger partial charge in [0, 0.05) is 24.3 Å². The van der Waals surface area contributed by atoms with Crippen molar-refractivity contribution in [1.29, 1.82) is 0 Å². The molecule has 0 bridgehead atoms. The van der Waals surface area contributed by atoms with Crippen LogP contribution in [-0.4, -0.2) is 59.1 Å². The normalized spacial score (nSPS) is 19.1. The lowest BCUT2D eigenvalue weighted by atomic mass is 9.95. The molecule has 0 aliphatic carbocycles. The zero-order valence-electron chi connectivity index (χ0n) is 20.8. The second-order valence-electron chi connectivity index (χ2n) is 9.34. The highest BCUT2D eigenvalue weighted by Crippen LogP contribution is 2.46. The monoisotopic (exact) mass is 491 g/mol. The third-order valence-electron chi connectivity index (χ3n) is 6.96. The molecule has 3 heterocycles. The van der Waals surface area contributed by atoms with Crippen LogP contribution in [-0.2, 0) is 4.74 Å². The number of benzene rings is 2. The minimum atomic E-state index is -0.409. The molecule has 1 amide bonds. The summed E-state index contributed by atoms with van der Waals surface area (Å²) in [5.41, 5.74) is 3.22.